The highest BCUT2D eigenvalue weighted by Crippen LogP contribution is 1.98. The minimum Gasteiger partial charge on any atom is -0.466 e. The number of hydrogen-bond acceptors (Lipinski definition) is 2. The van der Waals surface area contributed by atoms with E-state index in [1.807, 2.05) is 0 Å². The van der Waals surface area contributed by atoms with Crippen molar-refractivity contribution in [1.82, 2.24) is 0 Å². The van der Waals surface area contributed by atoms with Crippen molar-refractivity contribution in [1.29, 1.82) is 0 Å². The van der Waals surface area contributed by atoms with E-state index in [1.165, 1.54) is 6.92 Å². The Bertz CT molecular complexity index is 89.3. The molecule has 0 aromatic rings. The molecule has 0 saturated heterocycles. The molecule has 0 saturated carbocycles. The van der Waals surface area contributed by atoms with E-state index < -0.39 is 0 Å². The second kappa shape index (κ2) is 6.59. The Kier molecular flexibility index (Phi) is 6.24. The van der Waals surface area contributed by atoms with Crippen LogP contribution in [0.15, 0.2) is 0 Å². The normalized spacial score (nSPS) is 9.40. The van der Waals surface area contributed by atoms with Gasteiger partial charge >= 0.3 is 5.97 Å². The van der Waals surface area contributed by atoms with Gasteiger partial charge in [0.25, 0.3) is 0 Å². The van der Waals surface area contributed by atoms with E-state index in [1.54, 1.807) is 0 Å². The van der Waals surface area contributed by atoms with Gasteiger partial charge in [-0.2, -0.15) is 0 Å². The van der Waals surface area contributed by atoms with Crippen LogP contribution in [0, 0.1) is 6.92 Å². The molecule has 0 amide bonds. The number of ether oxygens (including phenoxy) is 1. The van der Waals surface area contributed by atoms with Crippen molar-refractivity contribution in [3.05, 3.63) is 6.92 Å². The Morgan fingerprint density at radius 1 is 1.40 bits per heavy atom. The summed E-state index contributed by atoms with van der Waals surface area (Å²) in [6, 6.07) is 0. The van der Waals surface area contributed by atoms with Crippen LogP contribution in [0.2, 0.25) is 0 Å². The van der Waals surface area contributed by atoms with Gasteiger partial charge in [-0.15, -0.1) is 0 Å². The lowest BCUT2D eigenvalue weighted by atomic mass is 10.2. The number of unbranched alkanes of at least 4 members (excludes halogenated alkanes) is 3. The highest BCUT2D eigenvalue weighted by atomic mass is 16.5. The summed E-state index contributed by atoms with van der Waals surface area (Å²) in [5.74, 6) is -0.186. The first-order valence-corrected chi connectivity index (χ1v) is 3.70. The van der Waals surface area contributed by atoms with E-state index >= 15 is 0 Å². The van der Waals surface area contributed by atoms with Gasteiger partial charge in [0, 0.05) is 6.92 Å². The number of carbonyl (C=O) groups excluding carboxylic acids is 1. The van der Waals surface area contributed by atoms with Gasteiger partial charge in [0.05, 0.1) is 6.61 Å². The molecule has 0 heterocycles. The quantitative estimate of drug-likeness (QED) is 0.434. The zero-order valence-corrected chi connectivity index (χ0v) is 6.56. The molecule has 0 aliphatic carbocycles. The van der Waals surface area contributed by atoms with Crippen LogP contribution in [0.3, 0.4) is 0 Å². The first-order valence-electron chi connectivity index (χ1n) is 3.70. The minimum absolute atomic E-state index is 0.186. The maximum Gasteiger partial charge on any atom is 0.302 e. The summed E-state index contributed by atoms with van der Waals surface area (Å²) in [4.78, 5) is 10.2. The molecule has 0 atom stereocenters. The lowest BCUT2D eigenvalue weighted by Gasteiger charge is -1.99. The third-order valence-corrected chi connectivity index (χ3v) is 1.20. The van der Waals surface area contributed by atoms with Crippen molar-refractivity contribution in [2.75, 3.05) is 6.61 Å². The fourth-order valence-corrected chi connectivity index (χ4v) is 0.672. The van der Waals surface area contributed by atoms with E-state index in [0.717, 1.165) is 25.7 Å². The summed E-state index contributed by atoms with van der Waals surface area (Å²) in [6.07, 6.45) is 4.17. The largest absolute Gasteiger partial charge is 0.466 e. The van der Waals surface area contributed by atoms with Gasteiger partial charge in [-0.3, -0.25) is 4.79 Å². The molecule has 0 fully saturated rings. The first-order chi connectivity index (χ1) is 4.77. The lowest BCUT2D eigenvalue weighted by molar-refractivity contribution is -0.141. The number of carbonyl (C=O) groups is 1. The van der Waals surface area contributed by atoms with Gasteiger partial charge in [-0.1, -0.05) is 26.2 Å². The average Bonchev–Trinajstić information content (AvgIpc) is 1.87. The van der Waals surface area contributed by atoms with Crippen LogP contribution in [0.25, 0.3) is 0 Å². The predicted molar refractivity (Wildman–Crippen MR) is 40.5 cm³/mol. The molecule has 0 spiro atoms. The highest BCUT2D eigenvalue weighted by molar-refractivity contribution is 5.65. The van der Waals surface area contributed by atoms with Crippen LogP contribution in [0.4, 0.5) is 0 Å². The minimum atomic E-state index is -0.186. The van der Waals surface area contributed by atoms with E-state index in [0.29, 0.717) is 6.61 Å². The lowest BCUT2D eigenvalue weighted by Crippen LogP contribution is -1.99. The van der Waals surface area contributed by atoms with Crippen LogP contribution in [-0.2, 0) is 9.53 Å². The molecule has 0 aromatic heterocycles. The average molecular weight is 143 g/mol. The van der Waals surface area contributed by atoms with Crippen LogP contribution >= 0.6 is 0 Å². The van der Waals surface area contributed by atoms with Crippen molar-refractivity contribution < 1.29 is 9.53 Å². The van der Waals surface area contributed by atoms with Crippen molar-refractivity contribution in [3.63, 3.8) is 0 Å². The van der Waals surface area contributed by atoms with Gasteiger partial charge in [0.15, 0.2) is 0 Å². The molecule has 0 bridgehead atoms. The standard InChI is InChI=1S/C8H15O2/c1-3-4-5-6-7-10-8(2)9/h1,3-7H2,2H3. The molecule has 0 aliphatic heterocycles. The topological polar surface area (TPSA) is 26.3 Å². The van der Waals surface area contributed by atoms with E-state index in [9.17, 15) is 4.79 Å². The van der Waals surface area contributed by atoms with Gasteiger partial charge < -0.3 is 4.74 Å². The maximum absolute atomic E-state index is 10.2. The molecule has 0 aromatic carbocycles. The molecule has 0 N–H and O–H groups in total. The van der Waals surface area contributed by atoms with E-state index in [4.69, 9.17) is 4.74 Å². The summed E-state index contributed by atoms with van der Waals surface area (Å²) in [5.41, 5.74) is 0. The van der Waals surface area contributed by atoms with Gasteiger partial charge in [0.2, 0.25) is 0 Å². The monoisotopic (exact) mass is 143 g/mol. The predicted octanol–water partition coefficient (Wildman–Crippen LogP) is 1.94. The Morgan fingerprint density at radius 3 is 2.60 bits per heavy atom. The number of rotatable bonds is 5. The van der Waals surface area contributed by atoms with Crippen molar-refractivity contribution in [2.45, 2.75) is 32.6 Å². The summed E-state index contributed by atoms with van der Waals surface area (Å²) in [5, 5.41) is 0. The Labute approximate surface area is 62.6 Å². The molecule has 10 heavy (non-hydrogen) atoms. The Hall–Kier alpha value is -0.530. The van der Waals surface area contributed by atoms with E-state index in [2.05, 4.69) is 6.92 Å². The van der Waals surface area contributed by atoms with Crippen LogP contribution in [0.1, 0.15) is 32.6 Å². The molecule has 2 heteroatoms. The third-order valence-electron chi connectivity index (χ3n) is 1.20. The number of esters is 1. The molecule has 2 nitrogen and oxygen atoms in total. The van der Waals surface area contributed by atoms with E-state index in [-0.39, 0.29) is 5.97 Å². The van der Waals surface area contributed by atoms with Crippen LogP contribution < -0.4 is 0 Å². The summed E-state index contributed by atoms with van der Waals surface area (Å²) in [6.45, 7) is 5.71. The van der Waals surface area contributed by atoms with Crippen LogP contribution in [-0.4, -0.2) is 12.6 Å². The molecule has 1 radical (unpaired) electrons. The smallest absolute Gasteiger partial charge is 0.302 e. The van der Waals surface area contributed by atoms with Gasteiger partial charge in [0.1, 0.15) is 0 Å². The molecule has 0 aliphatic rings. The molecule has 0 unspecified atom stereocenters. The SMILES string of the molecule is [CH2]CCCCCOC(C)=O. The third kappa shape index (κ3) is 7.47. The maximum atomic E-state index is 10.2. The zero-order valence-electron chi connectivity index (χ0n) is 6.56. The van der Waals surface area contributed by atoms with Crippen molar-refractivity contribution >= 4 is 5.97 Å². The summed E-state index contributed by atoms with van der Waals surface area (Å²) < 4.78 is 4.73. The van der Waals surface area contributed by atoms with Crippen molar-refractivity contribution in [3.8, 4) is 0 Å². The summed E-state index contributed by atoms with van der Waals surface area (Å²) in [7, 11) is 0. The van der Waals surface area contributed by atoms with Gasteiger partial charge in [-0.05, 0) is 6.42 Å². The molecule has 59 valence electrons. The Balaban J connectivity index is 2.84. The fourth-order valence-electron chi connectivity index (χ4n) is 0.672. The number of hydrogen-bond donors (Lipinski definition) is 0. The second-order valence-corrected chi connectivity index (χ2v) is 2.25. The zero-order chi connectivity index (χ0) is 7.82. The first kappa shape index (κ1) is 9.47. The van der Waals surface area contributed by atoms with Crippen molar-refractivity contribution in [2.24, 2.45) is 0 Å². The van der Waals surface area contributed by atoms with Crippen LogP contribution in [0.5, 0.6) is 0 Å². The molecule has 0 rings (SSSR count). The fraction of sp³-hybridized carbons (Fsp3) is 0.750. The molecular formula is C8H15O2. The Morgan fingerprint density at radius 2 is 2.10 bits per heavy atom. The molecular weight excluding hydrogens is 128 g/mol. The summed E-state index contributed by atoms with van der Waals surface area (Å²) >= 11 is 0. The van der Waals surface area contributed by atoms with Gasteiger partial charge in [-0.25, -0.2) is 0 Å². The second-order valence-electron chi connectivity index (χ2n) is 2.25. The highest BCUT2D eigenvalue weighted by Gasteiger charge is 1.91.